The third-order valence-corrected chi connectivity index (χ3v) is 5.05. The van der Waals surface area contributed by atoms with Crippen LogP contribution in [0.1, 0.15) is 35.7 Å². The van der Waals surface area contributed by atoms with Crippen LogP contribution in [-0.2, 0) is 9.47 Å². The largest absolute Gasteiger partial charge is 0.510 e. The highest BCUT2D eigenvalue weighted by atomic mass is 35.5. The molecule has 0 N–H and O–H groups in total. The maximum atomic E-state index is 11.9. The van der Waals surface area contributed by atoms with Crippen LogP contribution in [0.3, 0.4) is 0 Å². The van der Waals surface area contributed by atoms with Crippen molar-refractivity contribution in [2.24, 2.45) is 10.9 Å². The molecule has 6 nitrogen and oxygen atoms in total. The van der Waals surface area contributed by atoms with E-state index in [-0.39, 0.29) is 5.92 Å². The van der Waals surface area contributed by atoms with Gasteiger partial charge in [0.1, 0.15) is 0 Å². The van der Waals surface area contributed by atoms with Crippen LogP contribution in [0.5, 0.6) is 0 Å². The number of carbonyl (C=O) groups is 1. The average Bonchev–Trinajstić information content (AvgIpc) is 2.91. The minimum atomic E-state index is -1.03. The number of ether oxygens (including phenoxy) is 2. The molecule has 2 heterocycles. The Bertz CT molecular complexity index is 1080. The number of halogens is 1. The molecule has 7 heteroatoms. The molecule has 4 rings (SSSR count). The number of hydrogen-bond donors (Lipinski definition) is 0. The van der Waals surface area contributed by atoms with Crippen LogP contribution in [0.4, 0.5) is 4.79 Å². The van der Waals surface area contributed by atoms with E-state index >= 15 is 0 Å². The molecule has 148 valence electrons. The lowest BCUT2D eigenvalue weighted by atomic mass is 9.93. The van der Waals surface area contributed by atoms with Gasteiger partial charge in [-0.15, -0.1) is 0 Å². The molecule has 0 amide bonds. The molecule has 1 aliphatic heterocycles. The second kappa shape index (κ2) is 7.72. The van der Waals surface area contributed by atoms with Crippen LogP contribution in [0, 0.1) is 12.8 Å². The molecule has 0 saturated heterocycles. The monoisotopic (exact) mass is 410 g/mol. The first-order valence-electron chi connectivity index (χ1n) is 9.14. The van der Waals surface area contributed by atoms with E-state index in [1.807, 2.05) is 31.2 Å². The van der Waals surface area contributed by atoms with Crippen LogP contribution in [0.2, 0.25) is 5.02 Å². The number of aryl methyl sites for hydroxylation is 1. The van der Waals surface area contributed by atoms with Gasteiger partial charge in [0.2, 0.25) is 5.76 Å². The normalized spacial score (nSPS) is 20.3. The summed E-state index contributed by atoms with van der Waals surface area (Å²) >= 11 is 6.07. The molecule has 0 bridgehead atoms. The Kier molecular flexibility index (Phi) is 5.11. The van der Waals surface area contributed by atoms with Crippen LogP contribution in [0.25, 0.3) is 5.57 Å². The summed E-state index contributed by atoms with van der Waals surface area (Å²) in [5.74, 6) is 0.607. The summed E-state index contributed by atoms with van der Waals surface area (Å²) in [6, 6.07) is 7.35. The molecule has 2 unspecified atom stereocenters. The number of allylic oxidation sites excluding steroid dienone is 6. The first-order valence-corrected chi connectivity index (χ1v) is 9.51. The highest BCUT2D eigenvalue weighted by Gasteiger charge is 2.33. The lowest BCUT2D eigenvalue weighted by molar-refractivity contribution is 0.0296. The maximum Gasteiger partial charge on any atom is 0.510 e. The third-order valence-electron chi connectivity index (χ3n) is 4.80. The number of aromatic nitrogens is 1. The average molecular weight is 411 g/mol. The predicted molar refractivity (Wildman–Crippen MR) is 110 cm³/mol. The number of nitrogens with zero attached hydrogens (tertiary/aromatic N) is 2. The minimum absolute atomic E-state index is 0.249. The molecule has 0 fully saturated rings. The second-order valence-electron chi connectivity index (χ2n) is 6.82. The standard InChI is InChI=1S/C22H19ClN2O4/c1-12-4-10-16-17(11-5-12)19(14-6-8-15(23)9-7-14)24-21(28-22(26)27-3)20-18(16)13(2)25-29-20/h4-12,21H,1-3H3. The molecule has 0 saturated carbocycles. The van der Waals surface area contributed by atoms with Gasteiger partial charge in [0.15, 0.2) is 0 Å². The van der Waals surface area contributed by atoms with Crippen molar-refractivity contribution in [3.05, 3.63) is 81.7 Å². The van der Waals surface area contributed by atoms with Gasteiger partial charge in [-0.2, -0.15) is 0 Å². The fourth-order valence-electron chi connectivity index (χ4n) is 3.35. The molecule has 0 spiro atoms. The van der Waals surface area contributed by atoms with E-state index in [2.05, 4.69) is 29.0 Å². The summed E-state index contributed by atoms with van der Waals surface area (Å²) in [5.41, 5.74) is 4.73. The first kappa shape index (κ1) is 19.2. The van der Waals surface area contributed by atoms with Gasteiger partial charge in [0.05, 0.1) is 24.1 Å². The van der Waals surface area contributed by atoms with E-state index in [0.717, 1.165) is 22.3 Å². The second-order valence-corrected chi connectivity index (χ2v) is 7.26. The zero-order chi connectivity index (χ0) is 20.5. The van der Waals surface area contributed by atoms with Crippen LogP contribution >= 0.6 is 11.6 Å². The predicted octanol–water partition coefficient (Wildman–Crippen LogP) is 5.44. The van der Waals surface area contributed by atoms with Gasteiger partial charge in [-0.3, -0.25) is 0 Å². The van der Waals surface area contributed by atoms with Gasteiger partial charge in [-0.25, -0.2) is 9.79 Å². The molecule has 2 aliphatic rings. The van der Waals surface area contributed by atoms with E-state index in [9.17, 15) is 4.79 Å². The van der Waals surface area contributed by atoms with Crippen molar-refractivity contribution in [1.29, 1.82) is 0 Å². The van der Waals surface area contributed by atoms with Crippen molar-refractivity contribution in [2.45, 2.75) is 20.1 Å². The number of hydrogen-bond acceptors (Lipinski definition) is 6. The van der Waals surface area contributed by atoms with Crippen molar-refractivity contribution >= 4 is 29.0 Å². The van der Waals surface area contributed by atoms with Crippen LogP contribution in [-0.4, -0.2) is 24.1 Å². The quantitative estimate of drug-likeness (QED) is 0.616. The summed E-state index contributed by atoms with van der Waals surface area (Å²) in [4.78, 5) is 16.6. The van der Waals surface area contributed by atoms with E-state index < -0.39 is 12.4 Å². The summed E-state index contributed by atoms with van der Waals surface area (Å²) < 4.78 is 15.6. The number of aliphatic imine (C=N–C) groups is 1. The van der Waals surface area contributed by atoms with E-state index in [1.54, 1.807) is 12.1 Å². The zero-order valence-electron chi connectivity index (χ0n) is 16.2. The number of rotatable bonds is 2. The summed E-state index contributed by atoms with van der Waals surface area (Å²) in [5, 5.41) is 4.71. The van der Waals surface area contributed by atoms with Crippen molar-refractivity contribution < 1.29 is 18.8 Å². The summed E-state index contributed by atoms with van der Waals surface area (Å²) in [6.07, 6.45) is 6.37. The number of fused-ring (bicyclic) bond motifs is 2. The highest BCUT2D eigenvalue weighted by Crippen LogP contribution is 2.39. The van der Waals surface area contributed by atoms with Crippen LogP contribution < -0.4 is 0 Å². The van der Waals surface area contributed by atoms with Crippen molar-refractivity contribution in [2.75, 3.05) is 7.11 Å². The molecule has 0 radical (unpaired) electrons. The SMILES string of the molecule is COC(=O)OC1N=C(c2ccc(Cl)cc2)C2=C(C=CC(C)C=C2)c2c(C)noc21. The van der Waals surface area contributed by atoms with Crippen molar-refractivity contribution in [3.8, 4) is 0 Å². The van der Waals surface area contributed by atoms with Gasteiger partial charge in [-0.05, 0) is 30.5 Å². The van der Waals surface area contributed by atoms with Crippen LogP contribution in [0.15, 0.2) is 63.7 Å². The molecule has 2 aromatic rings. The lowest BCUT2D eigenvalue weighted by Gasteiger charge is -2.13. The van der Waals surface area contributed by atoms with E-state index in [0.29, 0.717) is 22.2 Å². The van der Waals surface area contributed by atoms with Gasteiger partial charge >= 0.3 is 6.16 Å². The van der Waals surface area contributed by atoms with Crippen molar-refractivity contribution in [3.63, 3.8) is 0 Å². The minimum Gasteiger partial charge on any atom is -0.438 e. The van der Waals surface area contributed by atoms with E-state index in [4.69, 9.17) is 25.9 Å². The Labute approximate surface area is 173 Å². The van der Waals surface area contributed by atoms with Gasteiger partial charge in [-0.1, -0.05) is 60.1 Å². The smallest absolute Gasteiger partial charge is 0.438 e. The van der Waals surface area contributed by atoms with Gasteiger partial charge in [0.25, 0.3) is 6.23 Å². The Morgan fingerprint density at radius 3 is 2.52 bits per heavy atom. The van der Waals surface area contributed by atoms with E-state index in [1.165, 1.54) is 7.11 Å². The molecule has 1 aromatic heterocycles. The Balaban J connectivity index is 1.98. The first-order chi connectivity index (χ1) is 14.0. The molecule has 29 heavy (non-hydrogen) atoms. The Morgan fingerprint density at radius 1 is 1.14 bits per heavy atom. The summed E-state index contributed by atoms with van der Waals surface area (Å²) in [7, 11) is 1.25. The molecule has 1 aromatic carbocycles. The maximum absolute atomic E-state index is 11.9. The number of carbonyl (C=O) groups excluding carboxylic acids is 1. The fraction of sp³-hybridized carbons (Fsp3) is 0.227. The lowest BCUT2D eigenvalue weighted by Crippen LogP contribution is -2.12. The van der Waals surface area contributed by atoms with Crippen molar-refractivity contribution in [1.82, 2.24) is 5.16 Å². The third kappa shape index (κ3) is 3.63. The number of benzene rings is 1. The topological polar surface area (TPSA) is 73.9 Å². The molecule has 1 aliphatic carbocycles. The molecular formula is C22H19ClN2O4. The number of methoxy groups -OCH3 is 1. The fourth-order valence-corrected chi connectivity index (χ4v) is 3.48. The Hall–Kier alpha value is -3.12. The molecular weight excluding hydrogens is 392 g/mol. The summed E-state index contributed by atoms with van der Waals surface area (Å²) in [6.45, 7) is 3.95. The molecule has 2 atom stereocenters. The Morgan fingerprint density at radius 2 is 1.83 bits per heavy atom. The van der Waals surface area contributed by atoms with Gasteiger partial charge in [0, 0.05) is 16.2 Å². The zero-order valence-corrected chi connectivity index (χ0v) is 16.9. The highest BCUT2D eigenvalue weighted by molar-refractivity contribution is 6.30. The van der Waals surface area contributed by atoms with Gasteiger partial charge < -0.3 is 14.0 Å².